The van der Waals surface area contributed by atoms with Crippen LogP contribution in [0.1, 0.15) is 42.0 Å². The molecular weight excluding hydrogens is 357 g/mol. The van der Waals surface area contributed by atoms with Gasteiger partial charge in [0.15, 0.2) is 0 Å². The molecule has 0 radical (unpaired) electrons. The fourth-order valence-corrected chi connectivity index (χ4v) is 3.84. The number of halogens is 2. The zero-order valence-corrected chi connectivity index (χ0v) is 15.6. The highest BCUT2D eigenvalue weighted by Crippen LogP contribution is 2.36. The third kappa shape index (κ3) is 4.00. The summed E-state index contributed by atoms with van der Waals surface area (Å²) in [7, 11) is 0. The van der Waals surface area contributed by atoms with Crippen LogP contribution in [0.4, 0.5) is 0 Å². The van der Waals surface area contributed by atoms with E-state index in [4.69, 9.17) is 23.2 Å². The van der Waals surface area contributed by atoms with E-state index in [9.17, 15) is 9.90 Å². The molecule has 1 N–H and O–H groups in total. The summed E-state index contributed by atoms with van der Waals surface area (Å²) in [5, 5.41) is 10.7. The van der Waals surface area contributed by atoms with Crippen LogP contribution < -0.4 is 0 Å². The van der Waals surface area contributed by atoms with E-state index in [1.807, 2.05) is 19.1 Å². The number of carboxylic acids is 1. The normalized spacial score (nSPS) is 19.6. The van der Waals surface area contributed by atoms with Crippen molar-refractivity contribution in [3.63, 3.8) is 0 Å². The minimum atomic E-state index is -0.767. The summed E-state index contributed by atoms with van der Waals surface area (Å²) < 4.78 is 0. The number of hydrogen-bond donors (Lipinski definition) is 1. The van der Waals surface area contributed by atoms with E-state index in [0.29, 0.717) is 16.5 Å². The van der Waals surface area contributed by atoms with E-state index in [0.717, 1.165) is 30.5 Å². The van der Waals surface area contributed by atoms with E-state index in [-0.39, 0.29) is 6.04 Å². The van der Waals surface area contributed by atoms with E-state index in [1.165, 1.54) is 5.56 Å². The molecule has 0 spiro atoms. The largest absolute Gasteiger partial charge is 0.480 e. The molecule has 3 nitrogen and oxygen atoms in total. The van der Waals surface area contributed by atoms with Crippen LogP contribution in [0.3, 0.4) is 0 Å². The topological polar surface area (TPSA) is 40.5 Å². The predicted molar refractivity (Wildman–Crippen MR) is 101 cm³/mol. The minimum absolute atomic E-state index is 0.156. The van der Waals surface area contributed by atoms with Crippen LogP contribution in [0.15, 0.2) is 42.5 Å². The van der Waals surface area contributed by atoms with Crippen molar-refractivity contribution in [1.29, 1.82) is 0 Å². The maximum absolute atomic E-state index is 11.8. The van der Waals surface area contributed by atoms with Crippen molar-refractivity contribution in [1.82, 2.24) is 4.90 Å². The fourth-order valence-electron chi connectivity index (χ4n) is 3.53. The van der Waals surface area contributed by atoms with Crippen LogP contribution in [0.5, 0.6) is 0 Å². The van der Waals surface area contributed by atoms with Gasteiger partial charge in [-0.15, -0.1) is 0 Å². The third-order valence-corrected chi connectivity index (χ3v) is 5.55. The lowest BCUT2D eigenvalue weighted by molar-refractivity contribution is -0.145. The second kappa shape index (κ2) is 7.77. The van der Waals surface area contributed by atoms with E-state index in [1.54, 1.807) is 6.07 Å². The van der Waals surface area contributed by atoms with Gasteiger partial charge < -0.3 is 5.11 Å². The Balaban J connectivity index is 2.08. The predicted octanol–water partition coefficient (Wildman–Crippen LogP) is 5.33. The van der Waals surface area contributed by atoms with Gasteiger partial charge in [0.1, 0.15) is 6.04 Å². The Kier molecular flexibility index (Phi) is 5.67. The van der Waals surface area contributed by atoms with Gasteiger partial charge in [-0.1, -0.05) is 65.5 Å². The molecule has 5 heteroatoms. The quantitative estimate of drug-likeness (QED) is 0.782. The first-order chi connectivity index (χ1) is 12.0. The lowest BCUT2D eigenvalue weighted by Crippen LogP contribution is -2.46. The van der Waals surface area contributed by atoms with Gasteiger partial charge in [-0.3, -0.25) is 9.69 Å². The summed E-state index contributed by atoms with van der Waals surface area (Å²) in [6.07, 6.45) is 2.60. The number of benzene rings is 2. The fraction of sp³-hybridized carbons (Fsp3) is 0.350. The summed E-state index contributed by atoms with van der Waals surface area (Å²) in [4.78, 5) is 13.9. The standard InChI is InChI=1S/C20H21Cl2NO2/c1-13-5-7-14(8-6-13)19(15-9-10-16(21)17(22)12-15)23-11-3-2-4-18(23)20(24)25/h5-10,12,18-19H,2-4,11H2,1H3,(H,24,25). The molecule has 2 unspecified atom stereocenters. The average Bonchev–Trinajstić information content (AvgIpc) is 2.60. The Morgan fingerprint density at radius 2 is 1.76 bits per heavy atom. The van der Waals surface area contributed by atoms with Crippen LogP contribution in [-0.2, 0) is 4.79 Å². The zero-order valence-electron chi connectivity index (χ0n) is 14.1. The van der Waals surface area contributed by atoms with Gasteiger partial charge in [-0.05, 0) is 49.6 Å². The monoisotopic (exact) mass is 377 g/mol. The van der Waals surface area contributed by atoms with Crippen molar-refractivity contribution < 1.29 is 9.90 Å². The molecular formula is C20H21Cl2NO2. The SMILES string of the molecule is Cc1ccc(C(c2ccc(Cl)c(Cl)c2)N2CCCCC2C(=O)O)cc1. The number of aliphatic carboxylic acids is 1. The first-order valence-corrected chi connectivity index (χ1v) is 9.23. The van der Waals surface area contributed by atoms with Crippen LogP contribution in [-0.4, -0.2) is 28.6 Å². The van der Waals surface area contributed by atoms with Crippen LogP contribution in [0, 0.1) is 6.92 Å². The molecule has 0 aliphatic carbocycles. The van der Waals surface area contributed by atoms with Crippen LogP contribution >= 0.6 is 23.2 Å². The van der Waals surface area contributed by atoms with Gasteiger partial charge >= 0.3 is 5.97 Å². The smallest absolute Gasteiger partial charge is 0.320 e. The number of nitrogens with zero attached hydrogens (tertiary/aromatic N) is 1. The van der Waals surface area contributed by atoms with Crippen LogP contribution in [0.2, 0.25) is 10.0 Å². The summed E-state index contributed by atoms with van der Waals surface area (Å²) in [5.74, 6) is -0.767. The maximum atomic E-state index is 11.8. The molecule has 0 saturated carbocycles. The van der Waals surface area contributed by atoms with Crippen molar-refractivity contribution in [3.05, 3.63) is 69.2 Å². The molecule has 1 heterocycles. The Morgan fingerprint density at radius 1 is 1.08 bits per heavy atom. The molecule has 2 atom stereocenters. The Hall–Kier alpha value is -1.55. The van der Waals surface area contributed by atoms with Gasteiger partial charge in [0, 0.05) is 0 Å². The van der Waals surface area contributed by atoms with Gasteiger partial charge in [0.2, 0.25) is 0 Å². The zero-order chi connectivity index (χ0) is 18.0. The first kappa shape index (κ1) is 18.2. The van der Waals surface area contributed by atoms with Crippen molar-refractivity contribution in [2.45, 2.75) is 38.3 Å². The highest BCUT2D eigenvalue weighted by atomic mass is 35.5. The minimum Gasteiger partial charge on any atom is -0.480 e. The molecule has 3 rings (SSSR count). The number of rotatable bonds is 4. The lowest BCUT2D eigenvalue weighted by atomic mass is 9.91. The molecule has 1 fully saturated rings. The second-order valence-electron chi connectivity index (χ2n) is 6.57. The molecule has 1 saturated heterocycles. The van der Waals surface area contributed by atoms with Crippen LogP contribution in [0.25, 0.3) is 0 Å². The molecule has 2 aromatic carbocycles. The van der Waals surface area contributed by atoms with Crippen molar-refractivity contribution in [2.75, 3.05) is 6.54 Å². The van der Waals surface area contributed by atoms with E-state index >= 15 is 0 Å². The Labute approximate surface area is 158 Å². The van der Waals surface area contributed by atoms with Crippen molar-refractivity contribution in [3.8, 4) is 0 Å². The second-order valence-corrected chi connectivity index (χ2v) is 7.39. The number of likely N-dealkylation sites (tertiary alicyclic amines) is 1. The molecule has 0 amide bonds. The van der Waals surface area contributed by atoms with Gasteiger partial charge in [-0.25, -0.2) is 0 Å². The molecule has 25 heavy (non-hydrogen) atoms. The van der Waals surface area contributed by atoms with Crippen molar-refractivity contribution >= 4 is 29.2 Å². The lowest BCUT2D eigenvalue weighted by Gasteiger charge is -2.39. The molecule has 0 bridgehead atoms. The highest BCUT2D eigenvalue weighted by Gasteiger charge is 2.35. The molecule has 1 aliphatic heterocycles. The van der Waals surface area contributed by atoms with E-state index in [2.05, 4.69) is 29.2 Å². The van der Waals surface area contributed by atoms with E-state index < -0.39 is 12.0 Å². The number of carboxylic acid groups (broad SMARTS) is 1. The summed E-state index contributed by atoms with van der Waals surface area (Å²) in [5.41, 5.74) is 3.20. The maximum Gasteiger partial charge on any atom is 0.320 e. The summed E-state index contributed by atoms with van der Waals surface area (Å²) in [6, 6.07) is 13.2. The molecule has 2 aromatic rings. The number of aryl methyl sites for hydroxylation is 1. The number of piperidine rings is 1. The van der Waals surface area contributed by atoms with Gasteiger partial charge in [-0.2, -0.15) is 0 Å². The summed E-state index contributed by atoms with van der Waals surface area (Å²) in [6.45, 7) is 2.79. The Morgan fingerprint density at radius 3 is 2.40 bits per heavy atom. The van der Waals surface area contributed by atoms with Gasteiger partial charge in [0.25, 0.3) is 0 Å². The first-order valence-electron chi connectivity index (χ1n) is 8.47. The number of hydrogen-bond acceptors (Lipinski definition) is 2. The van der Waals surface area contributed by atoms with Crippen molar-refractivity contribution in [2.24, 2.45) is 0 Å². The number of carbonyl (C=O) groups is 1. The summed E-state index contributed by atoms with van der Waals surface area (Å²) >= 11 is 12.3. The molecule has 0 aromatic heterocycles. The average molecular weight is 378 g/mol. The highest BCUT2D eigenvalue weighted by molar-refractivity contribution is 6.42. The molecule has 132 valence electrons. The van der Waals surface area contributed by atoms with Gasteiger partial charge in [0.05, 0.1) is 16.1 Å². The third-order valence-electron chi connectivity index (χ3n) is 4.81. The molecule has 1 aliphatic rings. The Bertz CT molecular complexity index is 761.